The summed E-state index contributed by atoms with van der Waals surface area (Å²) in [5.74, 6) is -0.992. The van der Waals surface area contributed by atoms with Gasteiger partial charge in [-0.05, 0) is 37.3 Å². The van der Waals surface area contributed by atoms with Crippen molar-refractivity contribution in [1.82, 2.24) is 20.4 Å². The standard InChI is InChI=1S/C19H16BrClN4O3S/c1-2-25-18(28)13-9-11(20)7-8-15(13)22-19(25)29-10-16(26)23-24-17(27)12-5-3-4-6-14(12)21/h3-9H,2,10H2,1H3,(H,23,26)(H,24,27). The summed E-state index contributed by atoms with van der Waals surface area (Å²) in [5.41, 5.74) is 5.29. The smallest absolute Gasteiger partial charge is 0.271 e. The number of hydrogen-bond acceptors (Lipinski definition) is 5. The quantitative estimate of drug-likeness (QED) is 0.322. The third-order valence-electron chi connectivity index (χ3n) is 3.96. The fraction of sp³-hybridized carbons (Fsp3) is 0.158. The van der Waals surface area contributed by atoms with Gasteiger partial charge in [-0.2, -0.15) is 0 Å². The van der Waals surface area contributed by atoms with E-state index in [1.807, 2.05) is 6.92 Å². The van der Waals surface area contributed by atoms with Crippen molar-refractivity contribution in [3.05, 3.63) is 67.9 Å². The highest BCUT2D eigenvalue weighted by atomic mass is 79.9. The van der Waals surface area contributed by atoms with Gasteiger partial charge in [-0.3, -0.25) is 29.8 Å². The van der Waals surface area contributed by atoms with Crippen LogP contribution in [0.15, 0.2) is 56.9 Å². The molecule has 3 rings (SSSR count). The van der Waals surface area contributed by atoms with Gasteiger partial charge in [0.1, 0.15) is 0 Å². The summed E-state index contributed by atoms with van der Waals surface area (Å²) in [6, 6.07) is 11.8. The lowest BCUT2D eigenvalue weighted by Gasteiger charge is -2.12. The van der Waals surface area contributed by atoms with Crippen LogP contribution < -0.4 is 16.4 Å². The Morgan fingerprint density at radius 2 is 1.97 bits per heavy atom. The zero-order chi connectivity index (χ0) is 21.0. The van der Waals surface area contributed by atoms with E-state index in [9.17, 15) is 14.4 Å². The van der Waals surface area contributed by atoms with Crippen molar-refractivity contribution >= 4 is 62.0 Å². The molecule has 0 atom stereocenters. The molecule has 0 saturated heterocycles. The second-order valence-electron chi connectivity index (χ2n) is 5.88. The number of carbonyl (C=O) groups excluding carboxylic acids is 2. The highest BCUT2D eigenvalue weighted by Crippen LogP contribution is 2.20. The van der Waals surface area contributed by atoms with E-state index in [1.165, 1.54) is 4.57 Å². The summed E-state index contributed by atoms with van der Waals surface area (Å²) in [6.45, 7) is 2.25. The van der Waals surface area contributed by atoms with Gasteiger partial charge in [-0.25, -0.2) is 4.98 Å². The maximum Gasteiger partial charge on any atom is 0.271 e. The van der Waals surface area contributed by atoms with Crippen LogP contribution in [-0.4, -0.2) is 27.1 Å². The number of halogens is 2. The third-order valence-corrected chi connectivity index (χ3v) is 5.76. The number of rotatable bonds is 5. The molecule has 0 aliphatic heterocycles. The van der Waals surface area contributed by atoms with E-state index >= 15 is 0 Å². The number of nitrogens with one attached hydrogen (secondary N) is 2. The van der Waals surface area contributed by atoms with E-state index in [0.717, 1.165) is 16.2 Å². The van der Waals surface area contributed by atoms with Gasteiger partial charge in [0.25, 0.3) is 11.5 Å². The van der Waals surface area contributed by atoms with Crippen molar-refractivity contribution in [2.75, 3.05) is 5.75 Å². The Labute approximate surface area is 183 Å². The molecule has 0 saturated carbocycles. The average Bonchev–Trinajstić information content (AvgIpc) is 2.71. The minimum Gasteiger partial charge on any atom is -0.287 e. The third kappa shape index (κ3) is 4.98. The largest absolute Gasteiger partial charge is 0.287 e. The van der Waals surface area contributed by atoms with Crippen LogP contribution in [0, 0.1) is 0 Å². The van der Waals surface area contributed by atoms with Gasteiger partial charge in [-0.1, -0.05) is 51.4 Å². The maximum atomic E-state index is 12.7. The van der Waals surface area contributed by atoms with E-state index in [2.05, 4.69) is 31.8 Å². The Morgan fingerprint density at radius 3 is 2.69 bits per heavy atom. The maximum absolute atomic E-state index is 12.7. The predicted molar refractivity (Wildman–Crippen MR) is 117 cm³/mol. The number of benzene rings is 2. The van der Waals surface area contributed by atoms with Gasteiger partial charge in [0.15, 0.2) is 5.16 Å². The molecule has 3 aromatic rings. The molecule has 2 N–H and O–H groups in total. The Morgan fingerprint density at radius 1 is 1.21 bits per heavy atom. The van der Waals surface area contributed by atoms with Gasteiger partial charge in [0.05, 0.1) is 27.2 Å². The number of hydrogen-bond donors (Lipinski definition) is 2. The number of fused-ring (bicyclic) bond motifs is 1. The molecule has 2 amide bonds. The highest BCUT2D eigenvalue weighted by molar-refractivity contribution is 9.10. The Bertz CT molecular complexity index is 1150. The monoisotopic (exact) mass is 494 g/mol. The van der Waals surface area contributed by atoms with Crippen molar-refractivity contribution in [2.45, 2.75) is 18.6 Å². The molecule has 1 aromatic heterocycles. The number of aromatic nitrogens is 2. The first kappa shape index (κ1) is 21.4. The first-order valence-electron chi connectivity index (χ1n) is 8.57. The molecule has 0 aliphatic carbocycles. The van der Waals surface area contributed by atoms with Crippen LogP contribution in [0.5, 0.6) is 0 Å². The van der Waals surface area contributed by atoms with E-state index in [0.29, 0.717) is 22.6 Å². The van der Waals surface area contributed by atoms with E-state index in [-0.39, 0.29) is 21.9 Å². The number of thioether (sulfide) groups is 1. The van der Waals surface area contributed by atoms with Crippen molar-refractivity contribution in [1.29, 1.82) is 0 Å². The van der Waals surface area contributed by atoms with E-state index < -0.39 is 11.8 Å². The van der Waals surface area contributed by atoms with Crippen molar-refractivity contribution < 1.29 is 9.59 Å². The van der Waals surface area contributed by atoms with Crippen LogP contribution in [0.3, 0.4) is 0 Å². The topological polar surface area (TPSA) is 93.1 Å². The summed E-state index contributed by atoms with van der Waals surface area (Å²) in [6.07, 6.45) is 0. The lowest BCUT2D eigenvalue weighted by Crippen LogP contribution is -2.42. The van der Waals surface area contributed by atoms with Crippen LogP contribution >= 0.6 is 39.3 Å². The molecule has 0 radical (unpaired) electrons. The van der Waals surface area contributed by atoms with Crippen LogP contribution in [0.1, 0.15) is 17.3 Å². The van der Waals surface area contributed by atoms with Gasteiger partial charge >= 0.3 is 0 Å². The molecule has 29 heavy (non-hydrogen) atoms. The van der Waals surface area contributed by atoms with E-state index in [1.54, 1.807) is 42.5 Å². The van der Waals surface area contributed by atoms with Crippen molar-refractivity contribution in [2.24, 2.45) is 0 Å². The summed E-state index contributed by atoms with van der Waals surface area (Å²) >= 11 is 10.4. The zero-order valence-electron chi connectivity index (χ0n) is 15.2. The van der Waals surface area contributed by atoms with Crippen LogP contribution in [0.4, 0.5) is 0 Å². The fourth-order valence-corrected chi connectivity index (χ4v) is 4.01. The summed E-state index contributed by atoms with van der Waals surface area (Å²) in [4.78, 5) is 41.4. The molecule has 7 nitrogen and oxygen atoms in total. The highest BCUT2D eigenvalue weighted by Gasteiger charge is 2.14. The second-order valence-corrected chi connectivity index (χ2v) is 8.14. The zero-order valence-corrected chi connectivity index (χ0v) is 18.4. The lowest BCUT2D eigenvalue weighted by molar-refractivity contribution is -0.119. The molecule has 0 bridgehead atoms. The van der Waals surface area contributed by atoms with Crippen LogP contribution in [0.25, 0.3) is 10.9 Å². The van der Waals surface area contributed by atoms with E-state index in [4.69, 9.17) is 11.6 Å². The number of hydrazine groups is 1. The summed E-state index contributed by atoms with van der Waals surface area (Å²) in [7, 11) is 0. The normalized spacial score (nSPS) is 10.7. The molecular formula is C19H16BrClN4O3S. The van der Waals surface area contributed by atoms with Crippen molar-refractivity contribution in [3.8, 4) is 0 Å². The van der Waals surface area contributed by atoms with Gasteiger partial charge in [0, 0.05) is 11.0 Å². The lowest BCUT2D eigenvalue weighted by atomic mass is 10.2. The number of carbonyl (C=O) groups is 2. The Hall–Kier alpha value is -2.36. The predicted octanol–water partition coefficient (Wildman–Crippen LogP) is 3.39. The minimum atomic E-state index is -0.520. The van der Waals surface area contributed by atoms with Crippen LogP contribution in [-0.2, 0) is 11.3 Å². The summed E-state index contributed by atoms with van der Waals surface area (Å²) < 4.78 is 2.30. The Balaban J connectivity index is 1.68. The first-order chi connectivity index (χ1) is 13.9. The Kier molecular flexibility index (Phi) is 6.94. The average molecular weight is 496 g/mol. The van der Waals surface area contributed by atoms with Crippen LogP contribution in [0.2, 0.25) is 5.02 Å². The first-order valence-corrected chi connectivity index (χ1v) is 10.7. The molecule has 1 heterocycles. The number of amides is 2. The van der Waals surface area contributed by atoms with Crippen molar-refractivity contribution in [3.63, 3.8) is 0 Å². The molecule has 0 fully saturated rings. The fourth-order valence-electron chi connectivity index (χ4n) is 2.57. The van der Waals surface area contributed by atoms with Gasteiger partial charge in [-0.15, -0.1) is 0 Å². The molecule has 0 aliphatic rings. The molecule has 2 aromatic carbocycles. The van der Waals surface area contributed by atoms with Gasteiger partial charge in [0.2, 0.25) is 5.91 Å². The molecule has 10 heteroatoms. The minimum absolute atomic E-state index is 0.0305. The number of nitrogens with zero attached hydrogens (tertiary/aromatic N) is 2. The SMILES string of the molecule is CCn1c(SCC(=O)NNC(=O)c2ccccc2Cl)nc2ccc(Br)cc2c1=O. The molecule has 0 unspecified atom stereocenters. The molecular weight excluding hydrogens is 480 g/mol. The second kappa shape index (κ2) is 9.43. The summed E-state index contributed by atoms with van der Waals surface area (Å²) in [5, 5.41) is 1.22. The van der Waals surface area contributed by atoms with Gasteiger partial charge < -0.3 is 0 Å². The molecule has 0 spiro atoms. The molecule has 150 valence electrons.